The Hall–Kier alpha value is -2.56. The zero-order valence-corrected chi connectivity index (χ0v) is 11.0. The molecule has 0 spiro atoms. The number of carboxylic acid groups (broad SMARTS) is 1. The van der Waals surface area contributed by atoms with Gasteiger partial charge >= 0.3 is 5.97 Å². The van der Waals surface area contributed by atoms with Crippen LogP contribution in [0.2, 0.25) is 0 Å². The average molecular weight is 276 g/mol. The molecule has 4 nitrogen and oxygen atoms in total. The van der Waals surface area contributed by atoms with Gasteiger partial charge in [0.2, 0.25) is 0 Å². The molecule has 0 amide bonds. The van der Waals surface area contributed by atoms with Crippen molar-refractivity contribution in [2.75, 3.05) is 14.2 Å². The second kappa shape index (κ2) is 5.61. The van der Waals surface area contributed by atoms with Crippen LogP contribution in [0.4, 0.5) is 4.39 Å². The largest absolute Gasteiger partial charge is 0.497 e. The maximum atomic E-state index is 14.0. The third-order valence-electron chi connectivity index (χ3n) is 2.91. The predicted molar refractivity (Wildman–Crippen MR) is 71.9 cm³/mol. The first kappa shape index (κ1) is 13.9. The first-order valence-corrected chi connectivity index (χ1v) is 5.82. The molecule has 0 fully saturated rings. The lowest BCUT2D eigenvalue weighted by atomic mass is 10.0. The van der Waals surface area contributed by atoms with E-state index < -0.39 is 11.8 Å². The highest BCUT2D eigenvalue weighted by Gasteiger charge is 2.18. The number of carbonyl (C=O) groups is 1. The summed E-state index contributed by atoms with van der Waals surface area (Å²) in [6.45, 7) is 0. The van der Waals surface area contributed by atoms with Crippen molar-refractivity contribution in [2.24, 2.45) is 0 Å². The molecule has 0 bridgehead atoms. The van der Waals surface area contributed by atoms with E-state index in [2.05, 4.69) is 0 Å². The molecular weight excluding hydrogens is 263 g/mol. The van der Waals surface area contributed by atoms with Crippen LogP contribution in [0, 0.1) is 5.82 Å². The number of aromatic carboxylic acids is 1. The standard InChI is InChI=1S/C15H13FO4/c1-19-9-6-7-13(16)12(8-9)10-4-3-5-11(15(17)18)14(10)20-2/h3-8H,1-2H3,(H,17,18). The van der Waals surface area contributed by atoms with Crippen LogP contribution in [0.25, 0.3) is 11.1 Å². The third-order valence-corrected chi connectivity index (χ3v) is 2.91. The smallest absolute Gasteiger partial charge is 0.339 e. The lowest BCUT2D eigenvalue weighted by Crippen LogP contribution is -2.02. The Morgan fingerprint density at radius 3 is 2.45 bits per heavy atom. The van der Waals surface area contributed by atoms with Crippen molar-refractivity contribution in [2.45, 2.75) is 0 Å². The molecule has 20 heavy (non-hydrogen) atoms. The van der Waals surface area contributed by atoms with Gasteiger partial charge in [0.25, 0.3) is 0 Å². The molecule has 0 aliphatic rings. The first-order chi connectivity index (χ1) is 9.58. The fourth-order valence-electron chi connectivity index (χ4n) is 1.98. The molecule has 0 aliphatic carbocycles. The number of hydrogen-bond acceptors (Lipinski definition) is 3. The minimum Gasteiger partial charge on any atom is -0.497 e. The summed E-state index contributed by atoms with van der Waals surface area (Å²) in [5.41, 5.74) is 0.570. The molecule has 5 heteroatoms. The molecule has 104 valence electrons. The predicted octanol–water partition coefficient (Wildman–Crippen LogP) is 3.21. The van der Waals surface area contributed by atoms with E-state index in [0.717, 1.165) is 0 Å². The van der Waals surface area contributed by atoms with E-state index in [1.807, 2.05) is 0 Å². The van der Waals surface area contributed by atoms with Crippen LogP contribution in [-0.2, 0) is 0 Å². The fourth-order valence-corrected chi connectivity index (χ4v) is 1.98. The van der Waals surface area contributed by atoms with Crippen molar-refractivity contribution >= 4 is 5.97 Å². The van der Waals surface area contributed by atoms with Crippen molar-refractivity contribution in [3.8, 4) is 22.6 Å². The Labute approximate surface area is 115 Å². The number of benzene rings is 2. The van der Waals surface area contributed by atoms with Crippen molar-refractivity contribution < 1.29 is 23.8 Å². The molecule has 0 saturated carbocycles. The van der Waals surface area contributed by atoms with Gasteiger partial charge in [0, 0.05) is 11.1 Å². The summed E-state index contributed by atoms with van der Waals surface area (Å²) in [7, 11) is 2.82. The Bertz CT molecular complexity index is 652. The highest BCUT2D eigenvalue weighted by molar-refractivity contribution is 5.94. The van der Waals surface area contributed by atoms with Crippen LogP contribution in [0.3, 0.4) is 0 Å². The number of ether oxygens (including phenoxy) is 2. The van der Waals surface area contributed by atoms with Gasteiger partial charge in [0.1, 0.15) is 22.9 Å². The number of methoxy groups -OCH3 is 2. The van der Waals surface area contributed by atoms with E-state index >= 15 is 0 Å². The van der Waals surface area contributed by atoms with Crippen molar-refractivity contribution in [1.82, 2.24) is 0 Å². The van der Waals surface area contributed by atoms with Gasteiger partial charge in [-0.15, -0.1) is 0 Å². The lowest BCUT2D eigenvalue weighted by molar-refractivity contribution is 0.0693. The second-order valence-corrected chi connectivity index (χ2v) is 4.04. The van der Waals surface area contributed by atoms with Gasteiger partial charge in [-0.25, -0.2) is 9.18 Å². The minimum absolute atomic E-state index is 0.0211. The zero-order valence-electron chi connectivity index (χ0n) is 11.0. The van der Waals surface area contributed by atoms with Gasteiger partial charge in [-0.05, 0) is 24.3 Å². The summed E-state index contributed by atoms with van der Waals surface area (Å²) in [6, 6.07) is 8.80. The van der Waals surface area contributed by atoms with Gasteiger partial charge in [0.05, 0.1) is 14.2 Å². The van der Waals surface area contributed by atoms with Gasteiger partial charge in [-0.2, -0.15) is 0 Å². The van der Waals surface area contributed by atoms with Gasteiger partial charge in [-0.3, -0.25) is 0 Å². The summed E-state index contributed by atoms with van der Waals surface area (Å²) in [4.78, 5) is 11.2. The summed E-state index contributed by atoms with van der Waals surface area (Å²) < 4.78 is 24.2. The number of hydrogen-bond donors (Lipinski definition) is 1. The molecule has 0 radical (unpaired) electrons. The summed E-state index contributed by atoms with van der Waals surface area (Å²) in [6.07, 6.45) is 0. The maximum Gasteiger partial charge on any atom is 0.339 e. The van der Waals surface area contributed by atoms with E-state index in [4.69, 9.17) is 14.6 Å². The Balaban J connectivity index is 2.69. The van der Waals surface area contributed by atoms with Crippen LogP contribution in [-0.4, -0.2) is 25.3 Å². The van der Waals surface area contributed by atoms with E-state index in [-0.39, 0.29) is 16.9 Å². The van der Waals surface area contributed by atoms with E-state index in [1.54, 1.807) is 12.1 Å². The maximum absolute atomic E-state index is 14.0. The Morgan fingerprint density at radius 2 is 1.85 bits per heavy atom. The number of para-hydroxylation sites is 1. The summed E-state index contributed by atoms with van der Waals surface area (Å²) in [5.74, 6) is -1.02. The summed E-state index contributed by atoms with van der Waals surface area (Å²) in [5, 5.41) is 9.14. The Morgan fingerprint density at radius 1 is 1.10 bits per heavy atom. The van der Waals surface area contributed by atoms with Gasteiger partial charge in [-0.1, -0.05) is 12.1 Å². The first-order valence-electron chi connectivity index (χ1n) is 5.82. The van der Waals surface area contributed by atoms with Crippen LogP contribution in [0.5, 0.6) is 11.5 Å². The fraction of sp³-hybridized carbons (Fsp3) is 0.133. The molecule has 1 N–H and O–H groups in total. The number of halogens is 1. The van der Waals surface area contributed by atoms with Crippen molar-refractivity contribution in [3.63, 3.8) is 0 Å². The lowest BCUT2D eigenvalue weighted by Gasteiger charge is -2.13. The topological polar surface area (TPSA) is 55.8 Å². The SMILES string of the molecule is COc1ccc(F)c(-c2cccc(C(=O)O)c2OC)c1. The molecule has 0 aliphatic heterocycles. The quantitative estimate of drug-likeness (QED) is 0.931. The number of rotatable bonds is 4. The molecular formula is C15H13FO4. The molecule has 0 saturated heterocycles. The van der Waals surface area contributed by atoms with Crippen molar-refractivity contribution in [3.05, 3.63) is 47.8 Å². The normalized spacial score (nSPS) is 10.2. The molecule has 2 aromatic carbocycles. The molecule has 2 aromatic rings. The van der Waals surface area contributed by atoms with Gasteiger partial charge in [0.15, 0.2) is 0 Å². The molecule has 0 unspecified atom stereocenters. The average Bonchev–Trinajstić information content (AvgIpc) is 2.46. The van der Waals surface area contributed by atoms with Crippen LogP contribution >= 0.6 is 0 Å². The molecule has 0 atom stereocenters. The minimum atomic E-state index is -1.13. The molecule has 0 heterocycles. The number of carboxylic acids is 1. The zero-order chi connectivity index (χ0) is 14.7. The van der Waals surface area contributed by atoms with E-state index in [9.17, 15) is 9.18 Å². The highest BCUT2D eigenvalue weighted by atomic mass is 19.1. The third kappa shape index (κ3) is 2.42. The molecule has 2 rings (SSSR count). The van der Waals surface area contributed by atoms with Crippen LogP contribution in [0.15, 0.2) is 36.4 Å². The Kier molecular flexibility index (Phi) is 3.89. The van der Waals surface area contributed by atoms with Crippen molar-refractivity contribution in [1.29, 1.82) is 0 Å². The van der Waals surface area contributed by atoms with Crippen LogP contribution < -0.4 is 9.47 Å². The summed E-state index contributed by atoms with van der Waals surface area (Å²) >= 11 is 0. The monoisotopic (exact) mass is 276 g/mol. The second-order valence-electron chi connectivity index (χ2n) is 4.04. The van der Waals surface area contributed by atoms with E-state index in [1.165, 1.54) is 38.5 Å². The van der Waals surface area contributed by atoms with Crippen LogP contribution in [0.1, 0.15) is 10.4 Å². The molecule has 0 aromatic heterocycles. The van der Waals surface area contributed by atoms with Gasteiger partial charge < -0.3 is 14.6 Å². The van der Waals surface area contributed by atoms with E-state index in [0.29, 0.717) is 11.3 Å². The highest BCUT2D eigenvalue weighted by Crippen LogP contribution is 2.36.